The Morgan fingerprint density at radius 1 is 0.857 bits per heavy atom. The molecule has 0 aliphatic carbocycles. The highest BCUT2D eigenvalue weighted by Crippen LogP contribution is 2.22. The molecule has 10 heteroatoms. The number of carbonyl (C=O) groups excluding carboxylic acids is 5. The van der Waals surface area contributed by atoms with Crippen LogP contribution < -0.4 is 10.6 Å². The smallest absolute Gasteiger partial charge is 0.337 e. The topological polar surface area (TPSA) is 131 Å². The number of ether oxygens (including phenoxy) is 2. The van der Waals surface area contributed by atoms with Gasteiger partial charge in [-0.25, -0.2) is 9.59 Å². The standard InChI is InChI=1S/C25H27N3O7/c1-14(2)28-13-18(12-21(28)29)23(31)26-19-7-5-15(6-8-19)22(30)27-20-10-16(24(32)34-3)9-17(11-20)25(33)35-4/h5-11,14,18H,12-13H2,1-4H3,(H,26,31)(H,27,30). The Morgan fingerprint density at radius 2 is 1.43 bits per heavy atom. The van der Waals surface area contributed by atoms with Gasteiger partial charge in [-0.1, -0.05) is 0 Å². The molecule has 3 rings (SSSR count). The van der Waals surface area contributed by atoms with E-state index in [2.05, 4.69) is 10.6 Å². The average molecular weight is 482 g/mol. The van der Waals surface area contributed by atoms with Crippen molar-refractivity contribution in [3.05, 3.63) is 59.2 Å². The number of nitrogens with one attached hydrogen (secondary N) is 2. The quantitative estimate of drug-likeness (QED) is 0.581. The molecular formula is C25H27N3O7. The van der Waals surface area contributed by atoms with Crippen LogP contribution in [-0.4, -0.2) is 61.4 Å². The molecule has 0 spiro atoms. The van der Waals surface area contributed by atoms with E-state index < -0.39 is 23.8 Å². The summed E-state index contributed by atoms with van der Waals surface area (Å²) in [7, 11) is 2.41. The number of hydrogen-bond donors (Lipinski definition) is 2. The van der Waals surface area contributed by atoms with Crippen LogP contribution in [0.15, 0.2) is 42.5 Å². The molecule has 1 fully saturated rings. The van der Waals surface area contributed by atoms with Crippen LogP contribution in [0.1, 0.15) is 51.3 Å². The van der Waals surface area contributed by atoms with Crippen molar-refractivity contribution in [2.24, 2.45) is 5.92 Å². The molecule has 1 atom stereocenters. The highest BCUT2D eigenvalue weighted by molar-refractivity contribution is 6.06. The Hall–Kier alpha value is -4.21. The Kier molecular flexibility index (Phi) is 7.85. The summed E-state index contributed by atoms with van der Waals surface area (Å²) < 4.78 is 9.39. The maximum Gasteiger partial charge on any atom is 0.337 e. The lowest BCUT2D eigenvalue weighted by Gasteiger charge is -2.20. The van der Waals surface area contributed by atoms with E-state index in [0.29, 0.717) is 12.2 Å². The van der Waals surface area contributed by atoms with Crippen LogP contribution in [0, 0.1) is 5.92 Å². The number of esters is 2. The van der Waals surface area contributed by atoms with Gasteiger partial charge in [-0.2, -0.15) is 0 Å². The molecule has 3 amide bonds. The molecule has 35 heavy (non-hydrogen) atoms. The molecule has 2 aromatic carbocycles. The summed E-state index contributed by atoms with van der Waals surface area (Å²) in [5.41, 5.74) is 1.13. The largest absolute Gasteiger partial charge is 0.465 e. The third kappa shape index (κ3) is 6.03. The van der Waals surface area contributed by atoms with Gasteiger partial charge >= 0.3 is 11.9 Å². The summed E-state index contributed by atoms with van der Waals surface area (Å²) >= 11 is 0. The third-order valence-corrected chi connectivity index (χ3v) is 5.60. The van der Waals surface area contributed by atoms with Crippen LogP contribution in [0.5, 0.6) is 0 Å². The van der Waals surface area contributed by atoms with Crippen LogP contribution in [0.25, 0.3) is 0 Å². The number of hydrogen-bond acceptors (Lipinski definition) is 7. The van der Waals surface area contributed by atoms with Crippen molar-refractivity contribution in [3.8, 4) is 0 Å². The van der Waals surface area contributed by atoms with E-state index in [9.17, 15) is 24.0 Å². The van der Waals surface area contributed by atoms with Crippen molar-refractivity contribution >= 4 is 41.0 Å². The SMILES string of the molecule is COC(=O)c1cc(NC(=O)c2ccc(NC(=O)C3CC(=O)N(C(C)C)C3)cc2)cc(C(=O)OC)c1. The van der Waals surface area contributed by atoms with Crippen LogP contribution in [0.3, 0.4) is 0 Å². The predicted octanol–water partition coefficient (Wildman–Crippen LogP) is 2.71. The molecule has 0 saturated carbocycles. The van der Waals surface area contributed by atoms with Crippen molar-refractivity contribution in [1.82, 2.24) is 4.90 Å². The second-order valence-corrected chi connectivity index (χ2v) is 8.34. The summed E-state index contributed by atoms with van der Waals surface area (Å²) in [6.45, 7) is 4.19. The molecule has 2 N–H and O–H groups in total. The van der Waals surface area contributed by atoms with Crippen LogP contribution >= 0.6 is 0 Å². The molecule has 184 valence electrons. The van der Waals surface area contributed by atoms with Gasteiger partial charge in [-0.3, -0.25) is 14.4 Å². The molecule has 1 saturated heterocycles. The first-order valence-electron chi connectivity index (χ1n) is 11.0. The van der Waals surface area contributed by atoms with Crippen molar-refractivity contribution < 1.29 is 33.4 Å². The molecule has 1 unspecified atom stereocenters. The second-order valence-electron chi connectivity index (χ2n) is 8.34. The second kappa shape index (κ2) is 10.8. The van der Waals surface area contributed by atoms with E-state index in [1.807, 2.05) is 13.8 Å². The van der Waals surface area contributed by atoms with Crippen molar-refractivity contribution in [2.75, 3.05) is 31.4 Å². The molecule has 1 aliphatic heterocycles. The molecule has 2 aromatic rings. The van der Waals surface area contributed by atoms with Crippen LogP contribution in [0.2, 0.25) is 0 Å². The maximum absolute atomic E-state index is 12.7. The van der Waals surface area contributed by atoms with Crippen molar-refractivity contribution in [3.63, 3.8) is 0 Å². The summed E-state index contributed by atoms with van der Waals surface area (Å²) in [5.74, 6) is -2.57. The van der Waals surface area contributed by atoms with Gasteiger partial charge < -0.3 is 25.0 Å². The van der Waals surface area contributed by atoms with Gasteiger partial charge in [0.1, 0.15) is 0 Å². The fourth-order valence-corrected chi connectivity index (χ4v) is 3.73. The van der Waals surface area contributed by atoms with Gasteiger partial charge in [0.25, 0.3) is 5.91 Å². The summed E-state index contributed by atoms with van der Waals surface area (Å²) in [4.78, 5) is 62.9. The van der Waals surface area contributed by atoms with E-state index >= 15 is 0 Å². The van der Waals surface area contributed by atoms with Gasteiger partial charge in [-0.15, -0.1) is 0 Å². The number of amides is 3. The summed E-state index contributed by atoms with van der Waals surface area (Å²) in [6.07, 6.45) is 0.169. The number of carbonyl (C=O) groups is 5. The first-order chi connectivity index (χ1) is 16.6. The lowest BCUT2D eigenvalue weighted by Crippen LogP contribution is -2.33. The van der Waals surface area contributed by atoms with Gasteiger partial charge in [0.05, 0.1) is 31.3 Å². The highest BCUT2D eigenvalue weighted by Gasteiger charge is 2.35. The minimum Gasteiger partial charge on any atom is -0.465 e. The minimum atomic E-state index is -0.674. The molecule has 10 nitrogen and oxygen atoms in total. The molecular weight excluding hydrogens is 454 g/mol. The van der Waals surface area contributed by atoms with Gasteiger partial charge in [-0.05, 0) is 56.3 Å². The lowest BCUT2D eigenvalue weighted by molar-refractivity contribution is -0.129. The van der Waals surface area contributed by atoms with E-state index in [0.717, 1.165) is 0 Å². The van der Waals surface area contributed by atoms with Gasteiger partial charge in [0.15, 0.2) is 0 Å². The molecule has 1 aliphatic rings. The predicted molar refractivity (Wildman–Crippen MR) is 127 cm³/mol. The van der Waals surface area contributed by atoms with Crippen molar-refractivity contribution in [1.29, 1.82) is 0 Å². The third-order valence-electron chi connectivity index (χ3n) is 5.60. The number of anilines is 2. The molecule has 0 radical (unpaired) electrons. The fourth-order valence-electron chi connectivity index (χ4n) is 3.73. The molecule has 0 aromatic heterocycles. The van der Waals surface area contributed by atoms with Crippen LogP contribution in [0.4, 0.5) is 11.4 Å². The lowest BCUT2D eigenvalue weighted by atomic mass is 10.1. The maximum atomic E-state index is 12.7. The zero-order valence-corrected chi connectivity index (χ0v) is 19.9. The summed E-state index contributed by atoms with van der Waals surface area (Å²) in [5, 5.41) is 5.42. The Morgan fingerprint density at radius 3 is 1.91 bits per heavy atom. The van der Waals surface area contributed by atoms with E-state index in [1.165, 1.54) is 44.6 Å². The minimum absolute atomic E-state index is 0.0371. The number of likely N-dealkylation sites (tertiary alicyclic amines) is 1. The van der Waals surface area contributed by atoms with Gasteiger partial charge in [0, 0.05) is 35.9 Å². The fraction of sp³-hybridized carbons (Fsp3) is 0.320. The Labute approximate surface area is 202 Å². The molecule has 0 bridgehead atoms. The van der Waals surface area contributed by atoms with Crippen molar-refractivity contribution in [2.45, 2.75) is 26.3 Å². The number of nitrogens with zero attached hydrogens (tertiary/aromatic N) is 1. The highest BCUT2D eigenvalue weighted by atomic mass is 16.5. The summed E-state index contributed by atoms with van der Waals surface area (Å²) in [6, 6.07) is 10.3. The van der Waals surface area contributed by atoms with Crippen LogP contribution in [-0.2, 0) is 19.1 Å². The van der Waals surface area contributed by atoms with Gasteiger partial charge in [0.2, 0.25) is 11.8 Å². The zero-order valence-electron chi connectivity index (χ0n) is 19.9. The normalized spacial score (nSPS) is 15.1. The van der Waals surface area contributed by atoms with E-state index in [1.54, 1.807) is 17.0 Å². The first-order valence-corrected chi connectivity index (χ1v) is 11.0. The Balaban J connectivity index is 1.68. The monoisotopic (exact) mass is 481 g/mol. The Bertz CT molecular complexity index is 1120. The number of benzene rings is 2. The average Bonchev–Trinajstić information content (AvgIpc) is 3.25. The zero-order chi connectivity index (χ0) is 25.7. The van der Waals surface area contributed by atoms with E-state index in [4.69, 9.17) is 9.47 Å². The number of methoxy groups -OCH3 is 2. The number of rotatable bonds is 7. The molecule has 1 heterocycles. The first kappa shape index (κ1) is 25.4. The van der Waals surface area contributed by atoms with E-state index in [-0.39, 0.29) is 46.7 Å².